The van der Waals surface area contributed by atoms with Crippen molar-refractivity contribution in [1.29, 1.82) is 0 Å². The lowest BCUT2D eigenvalue weighted by Crippen LogP contribution is -2.41. The summed E-state index contributed by atoms with van der Waals surface area (Å²) in [4.78, 5) is 18.6. The average molecular weight is 419 g/mol. The van der Waals surface area contributed by atoms with E-state index in [2.05, 4.69) is 10.3 Å². The van der Waals surface area contributed by atoms with E-state index in [4.69, 9.17) is 0 Å². The molecule has 0 radical (unpaired) electrons. The van der Waals surface area contributed by atoms with Crippen LogP contribution >= 0.6 is 0 Å². The normalized spacial score (nSPS) is 21.0. The number of aromatic nitrogens is 1. The van der Waals surface area contributed by atoms with Crippen molar-refractivity contribution in [2.24, 2.45) is 17.8 Å². The smallest absolute Gasteiger partial charge is 0.355 e. The van der Waals surface area contributed by atoms with Crippen molar-refractivity contribution >= 4 is 5.91 Å². The Morgan fingerprint density at radius 1 is 1.17 bits per heavy atom. The van der Waals surface area contributed by atoms with Crippen LogP contribution in [0.4, 0.5) is 13.2 Å². The predicted octanol–water partition coefficient (Wildman–Crippen LogP) is 4.25. The predicted molar refractivity (Wildman–Crippen MR) is 110 cm³/mol. The molecule has 3 unspecified atom stereocenters. The molecule has 1 saturated heterocycles. The zero-order valence-electron chi connectivity index (χ0n) is 17.3. The second kappa shape index (κ2) is 9.60. The van der Waals surface area contributed by atoms with Crippen LogP contribution in [0.2, 0.25) is 0 Å². The van der Waals surface area contributed by atoms with Crippen LogP contribution in [0.3, 0.4) is 0 Å². The van der Waals surface area contributed by atoms with E-state index in [-0.39, 0.29) is 24.9 Å². The molecular formula is C23H28F3N3O. The van der Waals surface area contributed by atoms with Gasteiger partial charge >= 0.3 is 6.18 Å². The first-order valence-electron chi connectivity index (χ1n) is 10.3. The van der Waals surface area contributed by atoms with Gasteiger partial charge in [0, 0.05) is 44.5 Å². The van der Waals surface area contributed by atoms with Gasteiger partial charge in [-0.25, -0.2) is 0 Å². The molecule has 30 heavy (non-hydrogen) atoms. The number of benzene rings is 1. The Morgan fingerprint density at radius 2 is 1.90 bits per heavy atom. The van der Waals surface area contributed by atoms with Crippen LogP contribution in [0, 0.1) is 17.8 Å². The fourth-order valence-electron chi connectivity index (χ4n) is 4.13. The molecule has 1 aromatic carbocycles. The number of hydrogen-bond acceptors (Lipinski definition) is 3. The fraction of sp³-hybridized carbons (Fsp3) is 0.478. The summed E-state index contributed by atoms with van der Waals surface area (Å²) in [6, 6.07) is 13.1. The quantitative estimate of drug-likeness (QED) is 0.730. The topological polar surface area (TPSA) is 45.2 Å². The summed E-state index contributed by atoms with van der Waals surface area (Å²) in [6.45, 7) is 4.69. The van der Waals surface area contributed by atoms with Gasteiger partial charge in [0.2, 0.25) is 5.91 Å². The number of hydrogen-bond donors (Lipinski definition) is 1. The van der Waals surface area contributed by atoms with E-state index in [1.165, 1.54) is 0 Å². The van der Waals surface area contributed by atoms with Crippen LogP contribution in [0.15, 0.2) is 54.9 Å². The minimum Gasteiger partial charge on any atom is -0.355 e. The third-order valence-corrected chi connectivity index (χ3v) is 5.82. The molecule has 0 aliphatic carbocycles. The number of carbonyl (C=O) groups is 1. The van der Waals surface area contributed by atoms with Crippen LogP contribution in [0.5, 0.6) is 0 Å². The van der Waals surface area contributed by atoms with Crippen molar-refractivity contribution in [3.8, 4) is 0 Å². The number of halogens is 3. The first kappa shape index (κ1) is 22.3. The SMILES string of the molecule is CC(C)C(CNC(=O)C1CN(Cc2ccccc2)CC1C(F)(F)F)c1cccnc1. The molecule has 0 spiro atoms. The number of rotatable bonds is 7. The van der Waals surface area contributed by atoms with Crippen LogP contribution in [-0.4, -0.2) is 41.6 Å². The van der Waals surface area contributed by atoms with Gasteiger partial charge in [-0.2, -0.15) is 13.2 Å². The molecule has 1 aliphatic rings. The van der Waals surface area contributed by atoms with Gasteiger partial charge in [0.25, 0.3) is 0 Å². The summed E-state index contributed by atoms with van der Waals surface area (Å²) in [5, 5.41) is 2.80. The molecule has 0 bridgehead atoms. The van der Waals surface area contributed by atoms with Crippen molar-refractivity contribution in [1.82, 2.24) is 15.2 Å². The van der Waals surface area contributed by atoms with E-state index < -0.39 is 23.9 Å². The maximum atomic E-state index is 13.7. The van der Waals surface area contributed by atoms with E-state index in [0.717, 1.165) is 11.1 Å². The molecule has 1 N–H and O–H groups in total. The Bertz CT molecular complexity index is 811. The average Bonchev–Trinajstić information content (AvgIpc) is 3.14. The lowest BCUT2D eigenvalue weighted by Gasteiger charge is -2.24. The van der Waals surface area contributed by atoms with Gasteiger partial charge in [-0.05, 0) is 23.1 Å². The van der Waals surface area contributed by atoms with Crippen LogP contribution in [-0.2, 0) is 11.3 Å². The summed E-state index contributed by atoms with van der Waals surface area (Å²) < 4.78 is 41.0. The lowest BCUT2D eigenvalue weighted by molar-refractivity contribution is -0.183. The number of alkyl halides is 3. The van der Waals surface area contributed by atoms with E-state index in [1.807, 2.05) is 56.3 Å². The third-order valence-electron chi connectivity index (χ3n) is 5.82. The molecule has 0 saturated carbocycles. The first-order chi connectivity index (χ1) is 14.3. The zero-order valence-corrected chi connectivity index (χ0v) is 17.3. The highest BCUT2D eigenvalue weighted by molar-refractivity contribution is 5.79. The second-order valence-corrected chi connectivity index (χ2v) is 8.32. The number of nitrogens with zero attached hydrogens (tertiary/aromatic N) is 2. The molecule has 162 valence electrons. The van der Waals surface area contributed by atoms with E-state index in [1.54, 1.807) is 17.3 Å². The largest absolute Gasteiger partial charge is 0.393 e. The first-order valence-corrected chi connectivity index (χ1v) is 10.3. The number of likely N-dealkylation sites (tertiary alicyclic amines) is 1. The fourth-order valence-corrected chi connectivity index (χ4v) is 4.13. The maximum absolute atomic E-state index is 13.7. The summed E-state index contributed by atoms with van der Waals surface area (Å²) in [6.07, 6.45) is -0.992. The summed E-state index contributed by atoms with van der Waals surface area (Å²) in [5.41, 5.74) is 1.91. The summed E-state index contributed by atoms with van der Waals surface area (Å²) in [5.74, 6) is -3.07. The summed E-state index contributed by atoms with van der Waals surface area (Å²) >= 11 is 0. The number of nitrogens with one attached hydrogen (secondary N) is 1. The van der Waals surface area contributed by atoms with Gasteiger partial charge in [0.05, 0.1) is 11.8 Å². The highest BCUT2D eigenvalue weighted by Gasteiger charge is 2.52. The summed E-state index contributed by atoms with van der Waals surface area (Å²) in [7, 11) is 0. The molecule has 1 fully saturated rings. The Labute approximate surface area is 175 Å². The molecule has 1 aliphatic heterocycles. The van der Waals surface area contributed by atoms with Crippen molar-refractivity contribution in [2.75, 3.05) is 19.6 Å². The number of carbonyl (C=O) groups excluding carboxylic acids is 1. The monoisotopic (exact) mass is 419 g/mol. The second-order valence-electron chi connectivity index (χ2n) is 8.32. The van der Waals surface area contributed by atoms with Crippen LogP contribution in [0.1, 0.15) is 30.9 Å². The van der Waals surface area contributed by atoms with E-state index >= 15 is 0 Å². The van der Waals surface area contributed by atoms with Gasteiger partial charge in [0.15, 0.2) is 0 Å². The molecular weight excluding hydrogens is 391 g/mol. The Hall–Kier alpha value is -2.41. The Morgan fingerprint density at radius 3 is 2.50 bits per heavy atom. The molecule has 1 aromatic heterocycles. The molecule has 3 atom stereocenters. The molecule has 2 aromatic rings. The van der Waals surface area contributed by atoms with E-state index in [0.29, 0.717) is 13.1 Å². The van der Waals surface area contributed by atoms with Gasteiger partial charge < -0.3 is 5.32 Å². The maximum Gasteiger partial charge on any atom is 0.393 e. The van der Waals surface area contributed by atoms with Gasteiger partial charge in [-0.1, -0.05) is 50.2 Å². The minimum absolute atomic E-state index is 0.00573. The molecule has 3 rings (SSSR count). The van der Waals surface area contributed by atoms with Crippen molar-refractivity contribution in [3.05, 3.63) is 66.0 Å². The standard InChI is InChI=1S/C23H28F3N3O/c1-16(2)19(18-9-6-10-27-11-18)12-28-22(30)20-14-29(15-21(20)23(24,25)26)13-17-7-4-3-5-8-17/h3-11,16,19-21H,12-15H2,1-2H3,(H,28,30). The van der Waals surface area contributed by atoms with E-state index in [9.17, 15) is 18.0 Å². The molecule has 4 nitrogen and oxygen atoms in total. The minimum atomic E-state index is -4.41. The zero-order chi connectivity index (χ0) is 21.7. The highest BCUT2D eigenvalue weighted by Crippen LogP contribution is 2.38. The Balaban J connectivity index is 1.67. The van der Waals surface area contributed by atoms with Gasteiger partial charge in [0.1, 0.15) is 0 Å². The van der Waals surface area contributed by atoms with Crippen molar-refractivity contribution in [2.45, 2.75) is 32.5 Å². The lowest BCUT2D eigenvalue weighted by atomic mass is 9.88. The van der Waals surface area contributed by atoms with Gasteiger partial charge in [-0.15, -0.1) is 0 Å². The van der Waals surface area contributed by atoms with Crippen LogP contribution in [0.25, 0.3) is 0 Å². The number of amides is 1. The van der Waals surface area contributed by atoms with Crippen molar-refractivity contribution in [3.63, 3.8) is 0 Å². The highest BCUT2D eigenvalue weighted by atomic mass is 19.4. The van der Waals surface area contributed by atoms with Crippen molar-refractivity contribution < 1.29 is 18.0 Å². The Kier molecular flexibility index (Phi) is 7.13. The molecule has 2 heterocycles. The van der Waals surface area contributed by atoms with Crippen LogP contribution < -0.4 is 5.32 Å². The van der Waals surface area contributed by atoms with Gasteiger partial charge in [-0.3, -0.25) is 14.7 Å². The molecule has 1 amide bonds. The number of pyridine rings is 1. The third kappa shape index (κ3) is 5.59. The molecule has 7 heteroatoms.